The van der Waals surface area contributed by atoms with Gasteiger partial charge in [0.1, 0.15) is 0 Å². The maximum absolute atomic E-state index is 11.6. The smallest absolute Gasteiger partial charge is 0.221 e. The normalized spacial score (nSPS) is 12.5. The molecule has 3 N–H and O–H groups in total. The van der Waals surface area contributed by atoms with Gasteiger partial charge >= 0.3 is 0 Å². The first-order valence-electron chi connectivity index (χ1n) is 6.57. The highest BCUT2D eigenvalue weighted by atomic mass is 16.1. The second kappa shape index (κ2) is 7.17. The molecule has 1 rings (SSSR count). The summed E-state index contributed by atoms with van der Waals surface area (Å²) in [6.45, 7) is 6.81. The molecule has 0 saturated carbocycles. The van der Waals surface area contributed by atoms with Crippen molar-refractivity contribution < 1.29 is 4.79 Å². The first-order valence-corrected chi connectivity index (χ1v) is 6.57. The number of amides is 1. The van der Waals surface area contributed by atoms with E-state index in [4.69, 9.17) is 5.73 Å². The van der Waals surface area contributed by atoms with E-state index in [-0.39, 0.29) is 11.9 Å². The lowest BCUT2D eigenvalue weighted by atomic mass is 10.0. The molecule has 1 aromatic rings. The average Bonchev–Trinajstić information content (AvgIpc) is 2.28. The van der Waals surface area contributed by atoms with E-state index in [1.165, 1.54) is 11.1 Å². The largest absolute Gasteiger partial charge is 0.356 e. The minimum absolute atomic E-state index is 0.0452. The highest BCUT2D eigenvalue weighted by molar-refractivity contribution is 5.76. The summed E-state index contributed by atoms with van der Waals surface area (Å²) in [6.07, 6.45) is 1.27. The Morgan fingerprint density at radius 3 is 2.72 bits per heavy atom. The summed E-state index contributed by atoms with van der Waals surface area (Å²) >= 11 is 0. The van der Waals surface area contributed by atoms with Crippen molar-refractivity contribution in [1.29, 1.82) is 0 Å². The molecule has 0 aliphatic heterocycles. The van der Waals surface area contributed by atoms with Gasteiger partial charge in [0.05, 0.1) is 0 Å². The molecule has 100 valence electrons. The lowest BCUT2D eigenvalue weighted by molar-refractivity contribution is -0.121. The third-order valence-corrected chi connectivity index (χ3v) is 3.10. The maximum atomic E-state index is 11.6. The van der Waals surface area contributed by atoms with Gasteiger partial charge in [0.25, 0.3) is 0 Å². The monoisotopic (exact) mass is 248 g/mol. The summed E-state index contributed by atoms with van der Waals surface area (Å²) in [6, 6.07) is 8.29. The SMILES string of the molecule is Cc1cccc(CCNC(=O)CC(N)C(C)C)c1. The number of benzene rings is 1. The first kappa shape index (κ1) is 14.7. The van der Waals surface area contributed by atoms with Crippen LogP contribution in [-0.4, -0.2) is 18.5 Å². The fraction of sp³-hybridized carbons (Fsp3) is 0.533. The van der Waals surface area contributed by atoms with Gasteiger partial charge in [0.2, 0.25) is 5.91 Å². The van der Waals surface area contributed by atoms with Crippen molar-refractivity contribution in [1.82, 2.24) is 5.32 Å². The van der Waals surface area contributed by atoms with Crippen molar-refractivity contribution in [2.24, 2.45) is 11.7 Å². The van der Waals surface area contributed by atoms with Gasteiger partial charge in [-0.05, 0) is 24.8 Å². The molecule has 1 amide bonds. The van der Waals surface area contributed by atoms with Gasteiger partial charge in [-0.3, -0.25) is 4.79 Å². The van der Waals surface area contributed by atoms with Crippen molar-refractivity contribution in [3.8, 4) is 0 Å². The van der Waals surface area contributed by atoms with Crippen LogP contribution in [0.3, 0.4) is 0 Å². The lowest BCUT2D eigenvalue weighted by Gasteiger charge is -2.15. The summed E-state index contributed by atoms with van der Waals surface area (Å²) in [4.78, 5) is 11.6. The summed E-state index contributed by atoms with van der Waals surface area (Å²) < 4.78 is 0. The van der Waals surface area contributed by atoms with Crippen LogP contribution in [0.2, 0.25) is 0 Å². The molecule has 0 aromatic heterocycles. The molecular formula is C15H24N2O. The third kappa shape index (κ3) is 5.32. The maximum Gasteiger partial charge on any atom is 0.221 e. The summed E-state index contributed by atoms with van der Waals surface area (Å²) in [7, 11) is 0. The first-order chi connectivity index (χ1) is 8.49. The number of carbonyl (C=O) groups excluding carboxylic acids is 1. The van der Waals surface area contributed by atoms with Gasteiger partial charge < -0.3 is 11.1 Å². The van der Waals surface area contributed by atoms with Crippen LogP contribution in [0.1, 0.15) is 31.4 Å². The van der Waals surface area contributed by atoms with E-state index in [0.717, 1.165) is 6.42 Å². The van der Waals surface area contributed by atoms with E-state index in [9.17, 15) is 4.79 Å². The number of hydrogen-bond acceptors (Lipinski definition) is 2. The number of carbonyl (C=O) groups is 1. The van der Waals surface area contributed by atoms with Crippen LogP contribution in [0.25, 0.3) is 0 Å². The molecule has 1 atom stereocenters. The molecule has 3 nitrogen and oxygen atoms in total. The Labute approximate surface area is 110 Å². The Hall–Kier alpha value is -1.35. The highest BCUT2D eigenvalue weighted by Crippen LogP contribution is 2.05. The molecular weight excluding hydrogens is 224 g/mol. The second-order valence-electron chi connectivity index (χ2n) is 5.20. The van der Waals surface area contributed by atoms with Crippen LogP contribution in [0.4, 0.5) is 0 Å². The molecule has 0 aliphatic carbocycles. The average molecular weight is 248 g/mol. The predicted octanol–water partition coefficient (Wildman–Crippen LogP) is 2.03. The molecule has 0 saturated heterocycles. The van der Waals surface area contributed by atoms with E-state index in [1.54, 1.807) is 0 Å². The zero-order valence-electron chi connectivity index (χ0n) is 11.6. The van der Waals surface area contributed by atoms with Crippen LogP contribution < -0.4 is 11.1 Å². The molecule has 18 heavy (non-hydrogen) atoms. The Morgan fingerprint density at radius 2 is 2.11 bits per heavy atom. The van der Waals surface area contributed by atoms with Crippen LogP contribution in [0.15, 0.2) is 24.3 Å². The van der Waals surface area contributed by atoms with Crippen molar-refractivity contribution in [2.45, 2.75) is 39.7 Å². The molecule has 0 bridgehead atoms. The fourth-order valence-electron chi connectivity index (χ4n) is 1.74. The number of aryl methyl sites for hydroxylation is 1. The van der Waals surface area contributed by atoms with E-state index in [2.05, 4.69) is 30.4 Å². The van der Waals surface area contributed by atoms with Gasteiger partial charge in [-0.1, -0.05) is 43.7 Å². The molecule has 1 aromatic carbocycles. The van der Waals surface area contributed by atoms with E-state index >= 15 is 0 Å². The van der Waals surface area contributed by atoms with Gasteiger partial charge in [-0.15, -0.1) is 0 Å². The minimum Gasteiger partial charge on any atom is -0.356 e. The van der Waals surface area contributed by atoms with Gasteiger partial charge in [-0.2, -0.15) is 0 Å². The molecule has 1 unspecified atom stereocenters. The molecule has 0 heterocycles. The number of nitrogens with two attached hydrogens (primary N) is 1. The summed E-state index contributed by atoms with van der Waals surface area (Å²) in [5.74, 6) is 0.386. The van der Waals surface area contributed by atoms with Crippen LogP contribution in [0, 0.1) is 12.8 Å². The molecule has 0 radical (unpaired) electrons. The number of rotatable bonds is 6. The van der Waals surface area contributed by atoms with Crippen molar-refractivity contribution in [3.05, 3.63) is 35.4 Å². The van der Waals surface area contributed by atoms with E-state index in [0.29, 0.717) is 18.9 Å². The minimum atomic E-state index is -0.0519. The number of nitrogens with one attached hydrogen (secondary N) is 1. The van der Waals surface area contributed by atoms with Crippen molar-refractivity contribution >= 4 is 5.91 Å². The predicted molar refractivity (Wildman–Crippen MR) is 75.3 cm³/mol. The summed E-state index contributed by atoms with van der Waals surface area (Å²) in [5, 5.41) is 2.92. The topological polar surface area (TPSA) is 55.1 Å². The van der Waals surface area contributed by atoms with E-state index in [1.807, 2.05) is 19.9 Å². The zero-order valence-corrected chi connectivity index (χ0v) is 11.6. The Morgan fingerprint density at radius 1 is 1.39 bits per heavy atom. The lowest BCUT2D eigenvalue weighted by Crippen LogP contribution is -2.35. The Bertz CT molecular complexity index is 388. The molecule has 0 spiro atoms. The zero-order chi connectivity index (χ0) is 13.5. The quantitative estimate of drug-likeness (QED) is 0.809. The van der Waals surface area contributed by atoms with Gasteiger partial charge in [0.15, 0.2) is 0 Å². The van der Waals surface area contributed by atoms with E-state index < -0.39 is 0 Å². The fourth-order valence-corrected chi connectivity index (χ4v) is 1.74. The summed E-state index contributed by atoms with van der Waals surface area (Å²) in [5.41, 5.74) is 8.36. The van der Waals surface area contributed by atoms with Crippen LogP contribution >= 0.6 is 0 Å². The van der Waals surface area contributed by atoms with Crippen molar-refractivity contribution in [2.75, 3.05) is 6.54 Å². The second-order valence-corrected chi connectivity index (χ2v) is 5.20. The third-order valence-electron chi connectivity index (χ3n) is 3.10. The van der Waals surface area contributed by atoms with Crippen LogP contribution in [-0.2, 0) is 11.2 Å². The standard InChI is InChI=1S/C15H24N2O/c1-11(2)14(16)10-15(18)17-8-7-13-6-4-5-12(3)9-13/h4-6,9,11,14H,7-8,10,16H2,1-3H3,(H,17,18). The highest BCUT2D eigenvalue weighted by Gasteiger charge is 2.12. The Balaban J connectivity index is 2.27. The molecule has 0 fully saturated rings. The molecule has 0 aliphatic rings. The van der Waals surface area contributed by atoms with Gasteiger partial charge in [-0.25, -0.2) is 0 Å². The molecule has 3 heteroatoms. The number of hydrogen-bond donors (Lipinski definition) is 2. The van der Waals surface area contributed by atoms with Crippen molar-refractivity contribution in [3.63, 3.8) is 0 Å². The Kier molecular flexibility index (Phi) is 5.86. The van der Waals surface area contributed by atoms with Crippen LogP contribution in [0.5, 0.6) is 0 Å². The van der Waals surface area contributed by atoms with Gasteiger partial charge in [0, 0.05) is 19.0 Å².